The lowest BCUT2D eigenvalue weighted by atomic mass is 9.92. The molecule has 1 aliphatic heterocycles. The molecule has 0 fully saturated rings. The average Bonchev–Trinajstić information content (AvgIpc) is 3.07. The lowest BCUT2D eigenvalue weighted by Gasteiger charge is -2.14. The summed E-state index contributed by atoms with van der Waals surface area (Å²) in [7, 11) is -3.80. The maximum Gasteiger partial charge on any atom is 0.232 e. The number of Topliss-reactive ketones (excluding diaryl/α,β-unsaturated/α-hetero) is 1. The quantitative estimate of drug-likeness (QED) is 0.630. The SMILES string of the molecule is CCCS(=O)(=O)Nc1ccc(F)c(C(=O)C2CNc3ncc(OCC)cc32)c1F. The fourth-order valence-corrected chi connectivity index (χ4v) is 4.31. The number of rotatable bonds is 8. The van der Waals surface area contributed by atoms with Crippen molar-refractivity contribution in [2.75, 3.05) is 28.9 Å². The molecule has 0 spiro atoms. The van der Waals surface area contributed by atoms with E-state index in [2.05, 4.69) is 15.0 Å². The summed E-state index contributed by atoms with van der Waals surface area (Å²) >= 11 is 0. The molecule has 1 atom stereocenters. The number of halogens is 2. The van der Waals surface area contributed by atoms with Crippen LogP contribution in [0.4, 0.5) is 20.3 Å². The van der Waals surface area contributed by atoms with Gasteiger partial charge in [0.1, 0.15) is 17.4 Å². The van der Waals surface area contributed by atoms with Crippen LogP contribution in [0.2, 0.25) is 0 Å². The maximum atomic E-state index is 14.9. The predicted octanol–water partition coefficient (Wildman–Crippen LogP) is 3.30. The van der Waals surface area contributed by atoms with Gasteiger partial charge in [-0.3, -0.25) is 9.52 Å². The van der Waals surface area contributed by atoms with Crippen LogP contribution in [-0.2, 0) is 10.0 Å². The molecule has 0 radical (unpaired) electrons. The van der Waals surface area contributed by atoms with Crippen molar-refractivity contribution >= 4 is 27.3 Å². The van der Waals surface area contributed by atoms with Crippen LogP contribution >= 0.6 is 0 Å². The zero-order valence-electron chi connectivity index (χ0n) is 16.0. The predicted molar refractivity (Wildman–Crippen MR) is 105 cm³/mol. The van der Waals surface area contributed by atoms with Crippen LogP contribution in [0.3, 0.4) is 0 Å². The number of carbonyl (C=O) groups is 1. The smallest absolute Gasteiger partial charge is 0.232 e. The number of nitrogens with zero attached hydrogens (tertiary/aromatic N) is 1. The topological polar surface area (TPSA) is 97.4 Å². The Morgan fingerprint density at radius 2 is 2.10 bits per heavy atom. The molecule has 156 valence electrons. The normalized spacial score (nSPS) is 15.5. The molecule has 0 amide bonds. The minimum Gasteiger partial charge on any atom is -0.492 e. The van der Waals surface area contributed by atoms with E-state index in [-0.39, 0.29) is 12.3 Å². The number of ketones is 1. The lowest BCUT2D eigenvalue weighted by molar-refractivity contribution is 0.0958. The van der Waals surface area contributed by atoms with Gasteiger partial charge in [-0.1, -0.05) is 6.92 Å². The van der Waals surface area contributed by atoms with Crippen LogP contribution in [0.15, 0.2) is 24.4 Å². The molecule has 7 nitrogen and oxygen atoms in total. The van der Waals surface area contributed by atoms with Crippen LogP contribution in [0, 0.1) is 11.6 Å². The molecule has 0 saturated heterocycles. The summed E-state index contributed by atoms with van der Waals surface area (Å²) in [6.07, 6.45) is 1.82. The second-order valence-corrected chi connectivity index (χ2v) is 8.39. The number of anilines is 2. The van der Waals surface area contributed by atoms with Gasteiger partial charge in [-0.05, 0) is 31.5 Å². The molecule has 1 aliphatic rings. The van der Waals surface area contributed by atoms with Crippen LogP contribution in [0.25, 0.3) is 0 Å². The molecule has 1 aromatic carbocycles. The summed E-state index contributed by atoms with van der Waals surface area (Å²) in [5.74, 6) is -3.34. The standard InChI is InChI=1S/C19H21F2N3O4S/c1-3-7-29(26,27)24-15-6-5-14(20)16(17(15)21)18(25)13-10-23-19-12(13)8-11(9-22-19)28-4-2/h5-6,8-9,13,24H,3-4,7,10H2,1-2H3,(H,22,23). The number of hydrogen-bond acceptors (Lipinski definition) is 6. The van der Waals surface area contributed by atoms with Crippen molar-refractivity contribution in [3.63, 3.8) is 0 Å². The van der Waals surface area contributed by atoms with Crippen LogP contribution in [0.5, 0.6) is 5.75 Å². The van der Waals surface area contributed by atoms with Gasteiger partial charge in [-0.2, -0.15) is 0 Å². The number of benzene rings is 1. The largest absolute Gasteiger partial charge is 0.492 e. The van der Waals surface area contributed by atoms with E-state index in [4.69, 9.17) is 4.74 Å². The molecule has 0 bridgehead atoms. The Balaban J connectivity index is 1.97. The van der Waals surface area contributed by atoms with Gasteiger partial charge >= 0.3 is 0 Å². The number of pyridine rings is 1. The third-order valence-corrected chi connectivity index (χ3v) is 5.92. The molecule has 2 heterocycles. The Kier molecular flexibility index (Phi) is 6.02. The average molecular weight is 425 g/mol. The van der Waals surface area contributed by atoms with E-state index in [9.17, 15) is 22.0 Å². The monoisotopic (exact) mass is 425 g/mol. The first kappa shape index (κ1) is 21.0. The van der Waals surface area contributed by atoms with Gasteiger partial charge in [0.25, 0.3) is 0 Å². The summed E-state index contributed by atoms with van der Waals surface area (Å²) in [6.45, 7) is 3.96. The van der Waals surface area contributed by atoms with Gasteiger partial charge in [0.2, 0.25) is 10.0 Å². The van der Waals surface area contributed by atoms with Gasteiger partial charge in [0.05, 0.1) is 35.7 Å². The highest BCUT2D eigenvalue weighted by Gasteiger charge is 2.34. The van der Waals surface area contributed by atoms with Crippen molar-refractivity contribution in [3.8, 4) is 5.75 Å². The summed E-state index contributed by atoms with van der Waals surface area (Å²) < 4.78 is 60.7. The molecular formula is C19H21F2N3O4S. The van der Waals surface area contributed by atoms with Crippen LogP contribution in [0.1, 0.15) is 42.1 Å². The Morgan fingerprint density at radius 1 is 1.34 bits per heavy atom. The number of hydrogen-bond donors (Lipinski definition) is 2. The second kappa shape index (κ2) is 8.32. The Bertz CT molecular complexity index is 1040. The summed E-state index contributed by atoms with van der Waals surface area (Å²) in [5, 5.41) is 2.93. The maximum absolute atomic E-state index is 14.9. The van der Waals surface area contributed by atoms with Crippen LogP contribution < -0.4 is 14.8 Å². The van der Waals surface area contributed by atoms with Crippen molar-refractivity contribution in [1.29, 1.82) is 0 Å². The fourth-order valence-electron chi connectivity index (χ4n) is 3.18. The zero-order valence-corrected chi connectivity index (χ0v) is 16.8. The molecule has 1 aromatic heterocycles. The van der Waals surface area contributed by atoms with Crippen LogP contribution in [-0.4, -0.2) is 38.1 Å². The van der Waals surface area contributed by atoms with Crippen molar-refractivity contribution in [1.82, 2.24) is 4.98 Å². The molecule has 0 saturated carbocycles. The van der Waals surface area contributed by atoms with Crippen molar-refractivity contribution in [2.45, 2.75) is 26.2 Å². The first-order valence-corrected chi connectivity index (χ1v) is 10.8. The van der Waals surface area contributed by atoms with Crippen molar-refractivity contribution < 1.29 is 26.7 Å². The molecule has 0 aliphatic carbocycles. The summed E-state index contributed by atoms with van der Waals surface area (Å²) in [4.78, 5) is 17.2. The van der Waals surface area contributed by atoms with E-state index in [0.717, 1.165) is 12.1 Å². The highest BCUT2D eigenvalue weighted by molar-refractivity contribution is 7.92. The number of fused-ring (bicyclic) bond motifs is 1. The highest BCUT2D eigenvalue weighted by atomic mass is 32.2. The van der Waals surface area contributed by atoms with Crippen molar-refractivity contribution in [3.05, 3.63) is 47.2 Å². The summed E-state index contributed by atoms with van der Waals surface area (Å²) in [5.41, 5.74) is -0.782. The summed E-state index contributed by atoms with van der Waals surface area (Å²) in [6, 6.07) is 3.44. The van der Waals surface area contributed by atoms with E-state index < -0.39 is 44.6 Å². The van der Waals surface area contributed by atoms with Gasteiger partial charge in [-0.25, -0.2) is 22.2 Å². The molecule has 2 N–H and O–H groups in total. The van der Waals surface area contributed by atoms with Gasteiger partial charge in [-0.15, -0.1) is 0 Å². The second-order valence-electron chi connectivity index (χ2n) is 6.54. The molecule has 2 aromatic rings. The Morgan fingerprint density at radius 3 is 2.79 bits per heavy atom. The molecule has 29 heavy (non-hydrogen) atoms. The van der Waals surface area contributed by atoms with Gasteiger partial charge in [0.15, 0.2) is 11.6 Å². The fraction of sp³-hybridized carbons (Fsp3) is 0.368. The van der Waals surface area contributed by atoms with E-state index >= 15 is 0 Å². The number of ether oxygens (including phenoxy) is 1. The first-order valence-electron chi connectivity index (χ1n) is 9.16. The van der Waals surface area contributed by atoms with E-state index in [0.29, 0.717) is 30.2 Å². The minimum absolute atomic E-state index is 0.113. The third kappa shape index (κ3) is 4.31. The highest BCUT2D eigenvalue weighted by Crippen LogP contribution is 2.36. The lowest BCUT2D eigenvalue weighted by Crippen LogP contribution is -2.21. The van der Waals surface area contributed by atoms with E-state index in [1.54, 1.807) is 19.9 Å². The van der Waals surface area contributed by atoms with Gasteiger partial charge < -0.3 is 10.1 Å². The molecule has 10 heteroatoms. The Hall–Kier alpha value is -2.75. The van der Waals surface area contributed by atoms with Gasteiger partial charge in [0, 0.05) is 12.1 Å². The molecule has 1 unspecified atom stereocenters. The first-order chi connectivity index (χ1) is 13.8. The van der Waals surface area contributed by atoms with E-state index in [1.165, 1.54) is 6.20 Å². The van der Waals surface area contributed by atoms with Crippen molar-refractivity contribution in [2.24, 2.45) is 0 Å². The number of aromatic nitrogens is 1. The molecule has 3 rings (SSSR count). The minimum atomic E-state index is -3.80. The number of nitrogens with one attached hydrogen (secondary N) is 2. The number of sulfonamides is 1. The third-order valence-electron chi connectivity index (χ3n) is 4.44. The van der Waals surface area contributed by atoms with E-state index in [1.807, 2.05) is 0 Å². The zero-order chi connectivity index (χ0) is 21.2. The number of carbonyl (C=O) groups excluding carboxylic acids is 1. The Labute approximate surface area is 167 Å². The molecular weight excluding hydrogens is 404 g/mol.